The molecule has 0 aliphatic rings. The van der Waals surface area contributed by atoms with Gasteiger partial charge in [0.1, 0.15) is 5.00 Å². The summed E-state index contributed by atoms with van der Waals surface area (Å²) >= 11 is 6.79. The third kappa shape index (κ3) is 3.83. The molecule has 4 nitrogen and oxygen atoms in total. The van der Waals surface area contributed by atoms with Crippen molar-refractivity contribution in [2.75, 3.05) is 11.2 Å². The second-order valence-electron chi connectivity index (χ2n) is 3.22. The average Bonchev–Trinajstić information content (AvgIpc) is 2.66. The number of unbranched alkanes of at least 4 members (excludes halogenated alkanes) is 1. The van der Waals surface area contributed by atoms with Crippen LogP contribution in [-0.2, 0) is 4.79 Å². The summed E-state index contributed by atoms with van der Waals surface area (Å²) in [7, 11) is 0. The Labute approximate surface area is 103 Å². The number of amides is 2. The number of hydrogen-bond donors (Lipinski definition) is 2. The molecule has 0 atom stereocenters. The topological polar surface area (TPSA) is 72.2 Å². The largest absolute Gasteiger partial charge is 0.366 e. The van der Waals surface area contributed by atoms with Crippen molar-refractivity contribution in [3.63, 3.8) is 0 Å². The molecule has 0 saturated carbocycles. The quantitative estimate of drug-likeness (QED) is 0.608. The number of carbonyl (C=O) groups is 2. The van der Waals surface area contributed by atoms with Gasteiger partial charge in [0.2, 0.25) is 5.91 Å². The van der Waals surface area contributed by atoms with E-state index in [0.29, 0.717) is 22.9 Å². The van der Waals surface area contributed by atoms with E-state index in [9.17, 15) is 9.59 Å². The van der Waals surface area contributed by atoms with Crippen LogP contribution in [0.15, 0.2) is 11.4 Å². The minimum absolute atomic E-state index is 0.116. The van der Waals surface area contributed by atoms with Crippen molar-refractivity contribution in [3.8, 4) is 0 Å². The maximum absolute atomic E-state index is 11.5. The third-order valence-electron chi connectivity index (χ3n) is 1.97. The number of rotatable bonds is 6. The Kier molecular flexibility index (Phi) is 5.28. The van der Waals surface area contributed by atoms with Gasteiger partial charge >= 0.3 is 0 Å². The molecule has 0 aromatic carbocycles. The van der Waals surface area contributed by atoms with Gasteiger partial charge in [0.05, 0.1) is 5.56 Å². The monoisotopic (exact) mass is 260 g/mol. The number of nitrogens with one attached hydrogen (secondary N) is 1. The molecular formula is C10H13ClN2O2S. The predicted molar refractivity (Wildman–Crippen MR) is 66.0 cm³/mol. The van der Waals surface area contributed by atoms with E-state index < -0.39 is 5.91 Å². The normalized spacial score (nSPS) is 10.1. The summed E-state index contributed by atoms with van der Waals surface area (Å²) < 4.78 is 0. The Morgan fingerprint density at radius 3 is 2.81 bits per heavy atom. The molecule has 6 heteroatoms. The van der Waals surface area contributed by atoms with Crippen molar-refractivity contribution in [2.24, 2.45) is 5.73 Å². The van der Waals surface area contributed by atoms with E-state index in [4.69, 9.17) is 17.3 Å². The van der Waals surface area contributed by atoms with E-state index in [2.05, 4.69) is 5.32 Å². The van der Waals surface area contributed by atoms with Crippen molar-refractivity contribution >= 4 is 39.8 Å². The molecule has 16 heavy (non-hydrogen) atoms. The summed E-state index contributed by atoms with van der Waals surface area (Å²) in [6, 6.07) is 1.60. The number of halogens is 1. The van der Waals surface area contributed by atoms with Gasteiger partial charge in [-0.05, 0) is 24.3 Å². The van der Waals surface area contributed by atoms with Crippen molar-refractivity contribution in [1.82, 2.24) is 0 Å². The number of primary amides is 1. The molecule has 1 aromatic rings. The van der Waals surface area contributed by atoms with Gasteiger partial charge in [-0.3, -0.25) is 9.59 Å². The lowest BCUT2D eigenvalue weighted by molar-refractivity contribution is -0.116. The summed E-state index contributed by atoms with van der Waals surface area (Å²) in [5.41, 5.74) is 5.51. The first-order chi connectivity index (χ1) is 7.65. The van der Waals surface area contributed by atoms with Crippen molar-refractivity contribution < 1.29 is 9.59 Å². The minimum Gasteiger partial charge on any atom is -0.366 e. The van der Waals surface area contributed by atoms with Gasteiger partial charge in [-0.15, -0.1) is 22.9 Å². The second kappa shape index (κ2) is 6.50. The van der Waals surface area contributed by atoms with Crippen LogP contribution < -0.4 is 11.1 Å². The molecule has 3 N–H and O–H groups in total. The fourth-order valence-electron chi connectivity index (χ4n) is 1.17. The van der Waals surface area contributed by atoms with Crippen LogP contribution in [0.2, 0.25) is 0 Å². The van der Waals surface area contributed by atoms with Gasteiger partial charge in [-0.2, -0.15) is 0 Å². The lowest BCUT2D eigenvalue weighted by atomic mass is 10.2. The highest BCUT2D eigenvalue weighted by Gasteiger charge is 2.11. The zero-order chi connectivity index (χ0) is 12.0. The molecule has 1 rings (SSSR count). The van der Waals surface area contributed by atoms with E-state index in [-0.39, 0.29) is 5.91 Å². The smallest absolute Gasteiger partial charge is 0.251 e. The Balaban J connectivity index is 2.49. The van der Waals surface area contributed by atoms with Crippen LogP contribution in [0.1, 0.15) is 29.6 Å². The molecule has 2 amide bonds. The zero-order valence-electron chi connectivity index (χ0n) is 8.66. The van der Waals surface area contributed by atoms with E-state index in [1.54, 1.807) is 11.4 Å². The molecule has 0 bridgehead atoms. The van der Waals surface area contributed by atoms with Crippen LogP contribution in [0.4, 0.5) is 5.00 Å². The Morgan fingerprint density at radius 1 is 1.44 bits per heavy atom. The predicted octanol–water partition coefficient (Wildman–Crippen LogP) is 2.19. The van der Waals surface area contributed by atoms with Crippen molar-refractivity contribution in [2.45, 2.75) is 19.3 Å². The van der Waals surface area contributed by atoms with Crippen LogP contribution in [0.3, 0.4) is 0 Å². The number of nitrogens with two attached hydrogens (primary N) is 1. The summed E-state index contributed by atoms with van der Waals surface area (Å²) in [6.45, 7) is 0. The van der Waals surface area contributed by atoms with E-state index in [1.165, 1.54) is 11.3 Å². The number of alkyl halides is 1. The van der Waals surface area contributed by atoms with Gasteiger partial charge in [-0.25, -0.2) is 0 Å². The maximum Gasteiger partial charge on any atom is 0.251 e. The third-order valence-corrected chi connectivity index (χ3v) is 3.07. The highest BCUT2D eigenvalue weighted by atomic mass is 35.5. The van der Waals surface area contributed by atoms with Crippen LogP contribution in [0.5, 0.6) is 0 Å². The molecule has 0 fully saturated rings. The van der Waals surface area contributed by atoms with Gasteiger partial charge in [0.25, 0.3) is 5.91 Å². The number of anilines is 1. The van der Waals surface area contributed by atoms with Crippen molar-refractivity contribution in [3.05, 3.63) is 17.0 Å². The number of carbonyl (C=O) groups excluding carboxylic acids is 2. The van der Waals surface area contributed by atoms with Gasteiger partial charge in [0.15, 0.2) is 0 Å². The van der Waals surface area contributed by atoms with Crippen LogP contribution in [-0.4, -0.2) is 17.7 Å². The Bertz CT molecular complexity index is 379. The molecular weight excluding hydrogens is 248 g/mol. The van der Waals surface area contributed by atoms with Gasteiger partial charge < -0.3 is 11.1 Å². The first-order valence-electron chi connectivity index (χ1n) is 4.88. The standard InChI is InChI=1S/C10H13ClN2O2S/c11-5-2-1-3-8(14)13-10-7(9(12)15)4-6-16-10/h4,6H,1-3,5H2,(H2,12,15)(H,13,14). The Hall–Kier alpha value is -1.07. The first-order valence-corrected chi connectivity index (χ1v) is 6.29. The van der Waals surface area contributed by atoms with E-state index >= 15 is 0 Å². The van der Waals surface area contributed by atoms with Crippen molar-refractivity contribution in [1.29, 1.82) is 0 Å². The van der Waals surface area contributed by atoms with Crippen LogP contribution in [0, 0.1) is 0 Å². The average molecular weight is 261 g/mol. The molecule has 1 aromatic heterocycles. The minimum atomic E-state index is -0.530. The SMILES string of the molecule is NC(=O)c1ccsc1NC(=O)CCCCCl. The van der Waals surface area contributed by atoms with E-state index in [0.717, 1.165) is 12.8 Å². The van der Waals surface area contributed by atoms with Gasteiger partial charge in [-0.1, -0.05) is 0 Å². The molecule has 0 unspecified atom stereocenters. The lowest BCUT2D eigenvalue weighted by Crippen LogP contribution is -2.16. The summed E-state index contributed by atoms with van der Waals surface area (Å²) in [5, 5.41) is 4.90. The molecule has 1 heterocycles. The van der Waals surface area contributed by atoms with Crippen LogP contribution >= 0.6 is 22.9 Å². The maximum atomic E-state index is 11.5. The summed E-state index contributed by atoms with van der Waals surface area (Å²) in [5.74, 6) is -0.0916. The molecule has 0 saturated heterocycles. The molecule has 0 aliphatic carbocycles. The highest BCUT2D eigenvalue weighted by molar-refractivity contribution is 7.14. The molecule has 0 spiro atoms. The first kappa shape index (κ1) is 13.0. The highest BCUT2D eigenvalue weighted by Crippen LogP contribution is 2.22. The van der Waals surface area contributed by atoms with E-state index in [1.807, 2.05) is 0 Å². The lowest BCUT2D eigenvalue weighted by Gasteiger charge is -2.03. The Morgan fingerprint density at radius 2 is 2.19 bits per heavy atom. The fourth-order valence-corrected chi connectivity index (χ4v) is 2.17. The molecule has 88 valence electrons. The zero-order valence-corrected chi connectivity index (χ0v) is 10.2. The number of hydrogen-bond acceptors (Lipinski definition) is 3. The van der Waals surface area contributed by atoms with Gasteiger partial charge in [0, 0.05) is 12.3 Å². The molecule has 0 radical (unpaired) electrons. The number of thiophene rings is 1. The second-order valence-corrected chi connectivity index (χ2v) is 4.52. The fraction of sp³-hybridized carbons (Fsp3) is 0.400. The summed E-state index contributed by atoms with van der Waals surface area (Å²) in [4.78, 5) is 22.4. The summed E-state index contributed by atoms with van der Waals surface area (Å²) in [6.07, 6.45) is 1.96. The van der Waals surface area contributed by atoms with Crippen LogP contribution in [0.25, 0.3) is 0 Å². The molecule has 0 aliphatic heterocycles.